The molecule has 0 aliphatic heterocycles. The normalized spacial score (nSPS) is 10.9. The molecule has 0 radical (unpaired) electrons. The summed E-state index contributed by atoms with van der Waals surface area (Å²) < 4.78 is 31.7. The zero-order chi connectivity index (χ0) is 22.1. The average Bonchev–Trinajstić information content (AvgIpc) is 3.34. The number of carbonyl (C=O) groups excluding carboxylic acids is 1. The van der Waals surface area contributed by atoms with E-state index in [1.807, 2.05) is 0 Å². The first-order chi connectivity index (χ1) is 14.9. The fourth-order valence-electron chi connectivity index (χ4n) is 3.11. The molecule has 0 saturated heterocycles. The Bertz CT molecular complexity index is 1260. The topological polar surface area (TPSA) is 87.5 Å². The molecule has 4 rings (SSSR count). The summed E-state index contributed by atoms with van der Waals surface area (Å²) >= 11 is 1.27. The monoisotopic (exact) mass is 442 g/mol. The number of hydrogen-bond acceptors (Lipinski definition) is 7. The molecule has 4 aromatic rings. The second kappa shape index (κ2) is 8.23. The van der Waals surface area contributed by atoms with Crippen LogP contribution in [0.2, 0.25) is 0 Å². The van der Waals surface area contributed by atoms with Gasteiger partial charge in [-0.3, -0.25) is 4.79 Å². The van der Waals surface area contributed by atoms with Gasteiger partial charge >= 0.3 is 0 Å². The summed E-state index contributed by atoms with van der Waals surface area (Å²) in [5, 5.41) is 7.78. The first kappa shape index (κ1) is 20.6. The molecule has 160 valence electrons. The van der Waals surface area contributed by atoms with Gasteiger partial charge in [-0.2, -0.15) is 9.78 Å². The summed E-state index contributed by atoms with van der Waals surface area (Å²) in [6.07, 6.45) is 0. The molecule has 0 atom stereocenters. The van der Waals surface area contributed by atoms with Gasteiger partial charge in [-0.05, 0) is 37.3 Å². The van der Waals surface area contributed by atoms with Crippen molar-refractivity contribution in [1.29, 1.82) is 0 Å². The number of nitrogens with one attached hydrogen (secondary N) is 1. The van der Waals surface area contributed by atoms with Crippen molar-refractivity contribution in [2.75, 3.05) is 26.6 Å². The third-order valence-electron chi connectivity index (χ3n) is 4.52. The number of anilines is 1. The smallest absolute Gasteiger partial charge is 0.257 e. The Labute approximate surface area is 181 Å². The number of nitrogens with zero attached hydrogens (tertiary/aromatic N) is 3. The highest BCUT2D eigenvalue weighted by atomic mass is 32.1. The van der Waals surface area contributed by atoms with Gasteiger partial charge in [0.25, 0.3) is 5.91 Å². The molecule has 1 amide bonds. The minimum absolute atomic E-state index is 0.311. The van der Waals surface area contributed by atoms with Crippen molar-refractivity contribution >= 4 is 33.3 Å². The number of rotatable bonds is 6. The quantitative estimate of drug-likeness (QED) is 0.481. The summed E-state index contributed by atoms with van der Waals surface area (Å²) in [4.78, 5) is 17.5. The predicted octanol–water partition coefficient (Wildman–Crippen LogP) is 4.21. The molecular weight excluding hydrogens is 423 g/mol. The largest absolute Gasteiger partial charge is 0.493 e. The molecule has 0 aliphatic carbocycles. The van der Waals surface area contributed by atoms with Crippen molar-refractivity contribution in [2.24, 2.45) is 0 Å². The summed E-state index contributed by atoms with van der Waals surface area (Å²) in [6.45, 7) is 1.80. The Morgan fingerprint density at radius 1 is 1.06 bits per heavy atom. The third kappa shape index (κ3) is 3.89. The lowest BCUT2D eigenvalue weighted by atomic mass is 10.1. The third-order valence-corrected chi connectivity index (χ3v) is 5.51. The minimum Gasteiger partial charge on any atom is -0.493 e. The molecule has 10 heteroatoms. The van der Waals surface area contributed by atoms with Crippen molar-refractivity contribution in [3.8, 4) is 22.4 Å². The highest BCUT2D eigenvalue weighted by Crippen LogP contribution is 2.38. The van der Waals surface area contributed by atoms with E-state index in [1.165, 1.54) is 49.5 Å². The molecule has 2 aromatic carbocycles. The number of fused-ring (bicyclic) bond motifs is 1. The number of halogens is 1. The van der Waals surface area contributed by atoms with Crippen LogP contribution in [0.4, 0.5) is 10.2 Å². The number of thiazole rings is 1. The van der Waals surface area contributed by atoms with Crippen LogP contribution in [0.25, 0.3) is 15.3 Å². The second-order valence-corrected chi connectivity index (χ2v) is 7.57. The highest BCUT2D eigenvalue weighted by Gasteiger charge is 2.20. The zero-order valence-corrected chi connectivity index (χ0v) is 18.0. The van der Waals surface area contributed by atoms with E-state index in [1.54, 1.807) is 31.2 Å². The SMILES string of the molecule is COc1cc(C(=O)Nc2cc(C)nn2-c2nc3ccc(F)cc3s2)cc(OC)c1OC. The number of methoxy groups -OCH3 is 3. The van der Waals surface area contributed by atoms with Crippen molar-refractivity contribution in [3.05, 3.63) is 53.5 Å². The van der Waals surface area contributed by atoms with Gasteiger partial charge in [-0.15, -0.1) is 0 Å². The van der Waals surface area contributed by atoms with Crippen molar-refractivity contribution in [1.82, 2.24) is 14.8 Å². The Balaban J connectivity index is 1.70. The van der Waals surface area contributed by atoms with Crippen molar-refractivity contribution < 1.29 is 23.4 Å². The average molecular weight is 442 g/mol. The number of aryl methyl sites for hydroxylation is 1. The van der Waals surface area contributed by atoms with E-state index in [2.05, 4.69) is 15.4 Å². The van der Waals surface area contributed by atoms with Gasteiger partial charge in [0.1, 0.15) is 11.6 Å². The number of ether oxygens (including phenoxy) is 3. The highest BCUT2D eigenvalue weighted by molar-refractivity contribution is 7.20. The van der Waals surface area contributed by atoms with E-state index < -0.39 is 5.91 Å². The standard InChI is InChI=1S/C21H19FN4O4S/c1-11-7-18(26(25-11)21-23-14-6-5-13(22)10-17(14)31-21)24-20(27)12-8-15(28-2)19(30-4)16(9-12)29-3/h5-10H,1-4H3,(H,24,27). The maximum Gasteiger partial charge on any atom is 0.257 e. The van der Waals surface area contributed by atoms with E-state index in [9.17, 15) is 9.18 Å². The van der Waals surface area contributed by atoms with Gasteiger partial charge in [0.2, 0.25) is 10.9 Å². The van der Waals surface area contributed by atoms with E-state index in [0.29, 0.717) is 49.7 Å². The molecule has 1 N–H and O–H groups in total. The maximum absolute atomic E-state index is 13.5. The number of carbonyl (C=O) groups is 1. The number of aromatic nitrogens is 3. The van der Waals surface area contributed by atoms with Gasteiger partial charge < -0.3 is 19.5 Å². The summed E-state index contributed by atoms with van der Waals surface area (Å²) in [7, 11) is 4.45. The van der Waals surface area contributed by atoms with Crippen LogP contribution >= 0.6 is 11.3 Å². The van der Waals surface area contributed by atoms with E-state index in [-0.39, 0.29) is 5.82 Å². The van der Waals surface area contributed by atoms with Gasteiger partial charge in [-0.1, -0.05) is 11.3 Å². The van der Waals surface area contributed by atoms with Gasteiger partial charge in [0, 0.05) is 11.6 Å². The lowest BCUT2D eigenvalue weighted by Gasteiger charge is -2.14. The molecule has 8 nitrogen and oxygen atoms in total. The van der Waals surface area contributed by atoms with Crippen LogP contribution in [-0.4, -0.2) is 42.0 Å². The van der Waals surface area contributed by atoms with Crippen LogP contribution in [0.15, 0.2) is 36.4 Å². The van der Waals surface area contributed by atoms with Crippen LogP contribution in [0.1, 0.15) is 16.1 Å². The van der Waals surface area contributed by atoms with Crippen LogP contribution < -0.4 is 19.5 Å². The first-order valence-electron chi connectivity index (χ1n) is 9.18. The minimum atomic E-state index is -0.396. The summed E-state index contributed by atoms with van der Waals surface area (Å²) in [5.41, 5.74) is 1.65. The van der Waals surface area contributed by atoms with Crippen LogP contribution in [0.5, 0.6) is 17.2 Å². The molecule has 0 bridgehead atoms. The fourth-order valence-corrected chi connectivity index (χ4v) is 4.07. The van der Waals surface area contributed by atoms with Crippen LogP contribution in [-0.2, 0) is 0 Å². The maximum atomic E-state index is 13.5. The van der Waals surface area contributed by atoms with Crippen molar-refractivity contribution in [2.45, 2.75) is 6.92 Å². The first-order valence-corrected chi connectivity index (χ1v) is 9.99. The molecule has 0 unspecified atom stereocenters. The van der Waals surface area contributed by atoms with Crippen molar-refractivity contribution in [3.63, 3.8) is 0 Å². The van der Waals surface area contributed by atoms with Crippen LogP contribution in [0.3, 0.4) is 0 Å². The zero-order valence-electron chi connectivity index (χ0n) is 17.2. The molecule has 0 saturated carbocycles. The molecule has 0 spiro atoms. The molecular formula is C21H19FN4O4S. The Morgan fingerprint density at radius 3 is 2.42 bits per heavy atom. The van der Waals surface area contributed by atoms with E-state index in [0.717, 1.165) is 0 Å². The Morgan fingerprint density at radius 2 is 1.77 bits per heavy atom. The number of hydrogen-bond donors (Lipinski definition) is 1. The Kier molecular flexibility index (Phi) is 5.47. The molecule has 2 aromatic heterocycles. The Hall–Kier alpha value is -3.66. The van der Waals surface area contributed by atoms with E-state index >= 15 is 0 Å². The molecule has 2 heterocycles. The predicted molar refractivity (Wildman–Crippen MR) is 115 cm³/mol. The van der Waals surface area contributed by atoms with Gasteiger partial charge in [0.15, 0.2) is 11.5 Å². The van der Waals surface area contributed by atoms with E-state index in [4.69, 9.17) is 14.2 Å². The second-order valence-electron chi connectivity index (χ2n) is 6.56. The summed E-state index contributed by atoms with van der Waals surface area (Å²) in [6, 6.07) is 9.22. The fraction of sp³-hybridized carbons (Fsp3) is 0.190. The van der Waals surface area contributed by atoms with Gasteiger partial charge in [0.05, 0.1) is 37.2 Å². The van der Waals surface area contributed by atoms with Gasteiger partial charge in [-0.25, -0.2) is 9.37 Å². The lowest BCUT2D eigenvalue weighted by molar-refractivity contribution is 0.102. The molecule has 31 heavy (non-hydrogen) atoms. The number of benzene rings is 2. The summed E-state index contributed by atoms with van der Waals surface area (Å²) in [5.74, 6) is 0.817. The van der Waals surface area contributed by atoms with Crippen LogP contribution in [0, 0.1) is 12.7 Å². The number of amides is 1. The lowest BCUT2D eigenvalue weighted by Crippen LogP contribution is -2.15. The molecule has 0 aliphatic rings. The molecule has 0 fully saturated rings.